The van der Waals surface area contributed by atoms with Crippen molar-refractivity contribution in [3.05, 3.63) is 45.4 Å². The Morgan fingerprint density at radius 3 is 2.62 bits per heavy atom. The molecule has 0 unspecified atom stereocenters. The number of ether oxygens (including phenoxy) is 1. The lowest BCUT2D eigenvalue weighted by molar-refractivity contribution is -0.136. The van der Waals surface area contributed by atoms with E-state index in [0.717, 1.165) is 33.3 Å². The highest BCUT2D eigenvalue weighted by molar-refractivity contribution is 7.11. The molecule has 1 aromatic carbocycles. The minimum Gasteiger partial charge on any atom is -0.488 e. The van der Waals surface area contributed by atoms with Crippen molar-refractivity contribution in [3.8, 4) is 5.75 Å². The van der Waals surface area contributed by atoms with E-state index in [2.05, 4.69) is 11.9 Å². The molecule has 0 saturated carbocycles. The zero-order valence-electron chi connectivity index (χ0n) is 12.3. The normalized spacial score (nSPS) is 10.6. The molecule has 2 rings (SSSR count). The Morgan fingerprint density at radius 1 is 1.33 bits per heavy atom. The summed E-state index contributed by atoms with van der Waals surface area (Å²) in [6.45, 7) is 4.63. The van der Waals surface area contributed by atoms with Gasteiger partial charge in [0, 0.05) is 6.42 Å². The standard InChI is InChI=1S/C16H19NO3S/c1-3-15-17-11(2)14(21-15)10-20-13-7-4-12(5-8-13)6-9-16(18)19/h4-5,7-8H,3,6,9-10H2,1-2H3,(H,18,19). The van der Waals surface area contributed by atoms with Crippen LogP contribution in [0.4, 0.5) is 0 Å². The average Bonchev–Trinajstić information content (AvgIpc) is 2.84. The van der Waals surface area contributed by atoms with E-state index in [1.807, 2.05) is 31.2 Å². The maximum absolute atomic E-state index is 10.5. The van der Waals surface area contributed by atoms with Crippen LogP contribution in [0.25, 0.3) is 0 Å². The SMILES string of the molecule is CCc1nc(C)c(COc2ccc(CCC(=O)O)cc2)s1. The average molecular weight is 305 g/mol. The number of hydrogen-bond acceptors (Lipinski definition) is 4. The van der Waals surface area contributed by atoms with E-state index in [-0.39, 0.29) is 6.42 Å². The van der Waals surface area contributed by atoms with E-state index in [4.69, 9.17) is 9.84 Å². The summed E-state index contributed by atoms with van der Waals surface area (Å²) >= 11 is 1.69. The van der Waals surface area contributed by atoms with Gasteiger partial charge in [-0.15, -0.1) is 11.3 Å². The van der Waals surface area contributed by atoms with Crippen LogP contribution in [0.1, 0.15) is 34.5 Å². The van der Waals surface area contributed by atoms with Crippen LogP contribution in [-0.2, 0) is 24.2 Å². The minimum absolute atomic E-state index is 0.153. The number of nitrogens with zero attached hydrogens (tertiary/aromatic N) is 1. The summed E-state index contributed by atoms with van der Waals surface area (Å²) in [7, 11) is 0. The first-order chi connectivity index (χ1) is 10.1. The predicted octanol–water partition coefficient (Wildman–Crippen LogP) is 3.61. The number of aryl methyl sites for hydroxylation is 3. The number of thiazole rings is 1. The Hall–Kier alpha value is -1.88. The minimum atomic E-state index is -0.775. The summed E-state index contributed by atoms with van der Waals surface area (Å²) in [4.78, 5) is 16.2. The first-order valence-corrected chi connectivity index (χ1v) is 7.79. The second-order valence-corrected chi connectivity index (χ2v) is 5.96. The van der Waals surface area contributed by atoms with Gasteiger partial charge in [0.05, 0.1) is 15.6 Å². The molecule has 0 radical (unpaired) electrons. The molecule has 112 valence electrons. The molecule has 0 bridgehead atoms. The summed E-state index contributed by atoms with van der Waals surface area (Å²) in [5, 5.41) is 9.79. The Balaban J connectivity index is 1.91. The molecule has 0 spiro atoms. The van der Waals surface area contributed by atoms with Crippen molar-refractivity contribution in [1.82, 2.24) is 4.98 Å². The van der Waals surface area contributed by atoms with Crippen molar-refractivity contribution in [1.29, 1.82) is 0 Å². The molecule has 0 aliphatic heterocycles. The van der Waals surface area contributed by atoms with Gasteiger partial charge in [-0.05, 0) is 37.5 Å². The van der Waals surface area contributed by atoms with E-state index in [9.17, 15) is 4.79 Å². The lowest BCUT2D eigenvalue weighted by atomic mass is 10.1. The molecule has 2 aromatic rings. The zero-order chi connectivity index (χ0) is 15.2. The Morgan fingerprint density at radius 2 is 2.05 bits per heavy atom. The van der Waals surface area contributed by atoms with E-state index < -0.39 is 5.97 Å². The number of carboxylic acids is 1. The molecular weight excluding hydrogens is 286 g/mol. The summed E-state index contributed by atoms with van der Waals surface area (Å²) < 4.78 is 5.77. The van der Waals surface area contributed by atoms with Gasteiger partial charge >= 0.3 is 5.97 Å². The van der Waals surface area contributed by atoms with Crippen molar-refractivity contribution < 1.29 is 14.6 Å². The third kappa shape index (κ3) is 4.56. The topological polar surface area (TPSA) is 59.4 Å². The van der Waals surface area contributed by atoms with Crippen molar-refractivity contribution >= 4 is 17.3 Å². The van der Waals surface area contributed by atoms with Gasteiger partial charge < -0.3 is 9.84 Å². The number of carbonyl (C=O) groups is 1. The highest BCUT2D eigenvalue weighted by atomic mass is 32.1. The van der Waals surface area contributed by atoms with Gasteiger partial charge in [0.1, 0.15) is 12.4 Å². The number of aliphatic carboxylic acids is 1. The fourth-order valence-electron chi connectivity index (χ4n) is 1.93. The second-order valence-electron chi connectivity index (χ2n) is 4.80. The summed E-state index contributed by atoms with van der Waals surface area (Å²) in [5.74, 6) is 0.0163. The molecule has 5 heteroatoms. The molecule has 1 aromatic heterocycles. The molecular formula is C16H19NO3S. The largest absolute Gasteiger partial charge is 0.488 e. The highest BCUT2D eigenvalue weighted by Crippen LogP contribution is 2.21. The maximum atomic E-state index is 10.5. The van der Waals surface area contributed by atoms with Crippen molar-refractivity contribution in [2.45, 2.75) is 39.7 Å². The van der Waals surface area contributed by atoms with Crippen LogP contribution < -0.4 is 4.74 Å². The highest BCUT2D eigenvalue weighted by Gasteiger charge is 2.07. The first-order valence-electron chi connectivity index (χ1n) is 6.97. The van der Waals surface area contributed by atoms with Crippen LogP contribution in [-0.4, -0.2) is 16.1 Å². The van der Waals surface area contributed by atoms with Crippen LogP contribution in [0.3, 0.4) is 0 Å². The molecule has 0 aliphatic rings. The molecule has 0 saturated heterocycles. The summed E-state index contributed by atoms with van der Waals surface area (Å²) in [5.41, 5.74) is 2.04. The Labute approximate surface area is 128 Å². The van der Waals surface area contributed by atoms with Gasteiger partial charge in [-0.3, -0.25) is 4.79 Å². The van der Waals surface area contributed by atoms with Crippen molar-refractivity contribution in [3.63, 3.8) is 0 Å². The third-order valence-electron chi connectivity index (χ3n) is 3.16. The number of aromatic nitrogens is 1. The van der Waals surface area contributed by atoms with Crippen molar-refractivity contribution in [2.24, 2.45) is 0 Å². The first kappa shape index (κ1) is 15.5. The van der Waals surface area contributed by atoms with Gasteiger partial charge in [-0.1, -0.05) is 19.1 Å². The quantitative estimate of drug-likeness (QED) is 0.849. The van der Waals surface area contributed by atoms with Gasteiger partial charge in [-0.25, -0.2) is 4.98 Å². The summed E-state index contributed by atoms with van der Waals surface area (Å²) in [6.07, 6.45) is 1.65. The maximum Gasteiger partial charge on any atom is 0.303 e. The van der Waals surface area contributed by atoms with Crippen LogP contribution in [0.2, 0.25) is 0 Å². The molecule has 21 heavy (non-hydrogen) atoms. The van der Waals surface area contributed by atoms with Gasteiger partial charge in [-0.2, -0.15) is 0 Å². The van der Waals surface area contributed by atoms with E-state index in [1.54, 1.807) is 11.3 Å². The fraction of sp³-hybridized carbons (Fsp3) is 0.375. The monoisotopic (exact) mass is 305 g/mol. The molecule has 1 heterocycles. The van der Waals surface area contributed by atoms with E-state index in [1.165, 1.54) is 0 Å². The van der Waals surface area contributed by atoms with Crippen molar-refractivity contribution in [2.75, 3.05) is 0 Å². The number of hydrogen-bond donors (Lipinski definition) is 1. The van der Waals surface area contributed by atoms with Crippen LogP contribution in [0, 0.1) is 6.92 Å². The predicted molar refractivity (Wildman–Crippen MR) is 83.0 cm³/mol. The van der Waals surface area contributed by atoms with Gasteiger partial charge in [0.25, 0.3) is 0 Å². The van der Waals surface area contributed by atoms with E-state index in [0.29, 0.717) is 13.0 Å². The van der Waals surface area contributed by atoms with Crippen LogP contribution >= 0.6 is 11.3 Å². The third-order valence-corrected chi connectivity index (χ3v) is 4.44. The van der Waals surface area contributed by atoms with Gasteiger partial charge in [0.15, 0.2) is 0 Å². The molecule has 0 atom stereocenters. The smallest absolute Gasteiger partial charge is 0.303 e. The molecule has 4 nitrogen and oxygen atoms in total. The fourth-order valence-corrected chi connectivity index (χ4v) is 2.85. The zero-order valence-corrected chi connectivity index (χ0v) is 13.1. The number of benzene rings is 1. The molecule has 0 amide bonds. The molecule has 0 fully saturated rings. The lowest BCUT2D eigenvalue weighted by Gasteiger charge is -2.06. The summed E-state index contributed by atoms with van der Waals surface area (Å²) in [6, 6.07) is 7.59. The second kappa shape index (κ2) is 7.22. The van der Waals surface area contributed by atoms with E-state index >= 15 is 0 Å². The lowest BCUT2D eigenvalue weighted by Crippen LogP contribution is -1.98. The number of carboxylic acid groups (broad SMARTS) is 1. The number of rotatable bonds is 7. The molecule has 1 N–H and O–H groups in total. The van der Waals surface area contributed by atoms with Crippen LogP contribution in [0.15, 0.2) is 24.3 Å². The Bertz CT molecular complexity index is 604. The molecule has 0 aliphatic carbocycles. The Kier molecular flexibility index (Phi) is 5.33. The van der Waals surface area contributed by atoms with Gasteiger partial charge in [0.2, 0.25) is 0 Å². The van der Waals surface area contributed by atoms with Crippen LogP contribution in [0.5, 0.6) is 5.75 Å².